The molecule has 0 aliphatic heterocycles. The summed E-state index contributed by atoms with van der Waals surface area (Å²) in [7, 11) is 0. The van der Waals surface area contributed by atoms with E-state index in [2.05, 4.69) is 14.6 Å². The zero-order chi connectivity index (χ0) is 5.54. The maximum Gasteiger partial charge on any atom is 0.203 e. The van der Waals surface area contributed by atoms with Crippen LogP contribution in [0.1, 0.15) is 13.8 Å². The summed E-state index contributed by atoms with van der Waals surface area (Å²) >= 11 is 0. The fourth-order valence-electron chi connectivity index (χ4n) is 0.136. The van der Waals surface area contributed by atoms with E-state index in [4.69, 9.17) is 0 Å². The SMILES string of the molecule is CC.c1nnco1. The summed E-state index contributed by atoms with van der Waals surface area (Å²) in [5, 5.41) is 6.61. The van der Waals surface area contributed by atoms with Crippen LogP contribution in [0.15, 0.2) is 17.2 Å². The molecule has 1 rings (SSSR count). The minimum Gasteiger partial charge on any atom is -0.431 e. The molecule has 0 unspecified atom stereocenters. The van der Waals surface area contributed by atoms with Gasteiger partial charge in [0, 0.05) is 0 Å². The Morgan fingerprint density at radius 3 is 1.71 bits per heavy atom. The molecule has 0 spiro atoms. The van der Waals surface area contributed by atoms with Crippen LogP contribution in [-0.4, -0.2) is 10.2 Å². The van der Waals surface area contributed by atoms with Gasteiger partial charge in [0.1, 0.15) is 0 Å². The van der Waals surface area contributed by atoms with Gasteiger partial charge in [-0.3, -0.25) is 0 Å². The molecule has 0 aromatic carbocycles. The number of aromatic nitrogens is 2. The van der Waals surface area contributed by atoms with Gasteiger partial charge >= 0.3 is 0 Å². The highest BCUT2D eigenvalue weighted by Crippen LogP contribution is 1.64. The first-order valence-corrected chi connectivity index (χ1v) is 2.19. The first-order chi connectivity index (χ1) is 3.50. The van der Waals surface area contributed by atoms with Crippen LogP contribution < -0.4 is 0 Å². The monoisotopic (exact) mass is 100 g/mol. The minimum absolute atomic E-state index is 1.26. The van der Waals surface area contributed by atoms with Crippen LogP contribution >= 0.6 is 0 Å². The van der Waals surface area contributed by atoms with Gasteiger partial charge in [-0.15, -0.1) is 10.2 Å². The molecule has 0 aliphatic carbocycles. The topological polar surface area (TPSA) is 38.9 Å². The van der Waals surface area contributed by atoms with Crippen molar-refractivity contribution in [3.05, 3.63) is 12.8 Å². The average Bonchev–Trinajstić information content (AvgIpc) is 2.23. The van der Waals surface area contributed by atoms with Crippen LogP contribution in [0.3, 0.4) is 0 Å². The second kappa shape index (κ2) is 5.14. The zero-order valence-corrected chi connectivity index (χ0v) is 4.46. The molecule has 0 fully saturated rings. The van der Waals surface area contributed by atoms with E-state index in [9.17, 15) is 0 Å². The molecule has 0 radical (unpaired) electrons. The van der Waals surface area contributed by atoms with Gasteiger partial charge in [-0.2, -0.15) is 0 Å². The Kier molecular flexibility index (Phi) is 4.51. The van der Waals surface area contributed by atoms with Gasteiger partial charge in [-0.25, -0.2) is 0 Å². The molecule has 0 atom stereocenters. The van der Waals surface area contributed by atoms with Crippen molar-refractivity contribution in [2.75, 3.05) is 0 Å². The first kappa shape index (κ1) is 6.14. The molecule has 0 bridgehead atoms. The summed E-state index contributed by atoms with van der Waals surface area (Å²) in [6.07, 6.45) is 2.53. The van der Waals surface area contributed by atoms with Crippen molar-refractivity contribution in [1.82, 2.24) is 10.2 Å². The van der Waals surface area contributed by atoms with Crippen LogP contribution in [0.2, 0.25) is 0 Å². The van der Waals surface area contributed by atoms with Crippen molar-refractivity contribution in [1.29, 1.82) is 0 Å². The normalized spacial score (nSPS) is 6.57. The Balaban J connectivity index is 0.000000162. The smallest absolute Gasteiger partial charge is 0.203 e. The van der Waals surface area contributed by atoms with Gasteiger partial charge in [-0.1, -0.05) is 13.8 Å². The van der Waals surface area contributed by atoms with Crippen molar-refractivity contribution in [3.8, 4) is 0 Å². The Morgan fingerprint density at radius 2 is 1.57 bits per heavy atom. The lowest BCUT2D eigenvalue weighted by Crippen LogP contribution is -1.53. The highest BCUT2D eigenvalue weighted by Gasteiger charge is 1.60. The summed E-state index contributed by atoms with van der Waals surface area (Å²) in [6.45, 7) is 4.00. The van der Waals surface area contributed by atoms with Crippen molar-refractivity contribution >= 4 is 0 Å². The van der Waals surface area contributed by atoms with E-state index in [1.165, 1.54) is 12.8 Å². The molecule has 0 amide bonds. The molecular weight excluding hydrogens is 92.1 g/mol. The summed E-state index contributed by atoms with van der Waals surface area (Å²) in [6, 6.07) is 0. The lowest BCUT2D eigenvalue weighted by Gasteiger charge is -1.44. The molecule has 1 aromatic rings. The Morgan fingerprint density at radius 1 is 1.14 bits per heavy atom. The fraction of sp³-hybridized carbons (Fsp3) is 0.500. The molecule has 3 heteroatoms. The third-order valence-corrected chi connectivity index (χ3v) is 0.283. The minimum atomic E-state index is 1.26. The number of hydrogen-bond donors (Lipinski definition) is 0. The van der Waals surface area contributed by atoms with E-state index in [1.54, 1.807) is 0 Å². The zero-order valence-electron chi connectivity index (χ0n) is 4.46. The highest BCUT2D eigenvalue weighted by molar-refractivity contribution is 4.29. The second-order valence-electron chi connectivity index (χ2n) is 0.578. The van der Waals surface area contributed by atoms with Crippen molar-refractivity contribution in [2.45, 2.75) is 13.8 Å². The van der Waals surface area contributed by atoms with E-state index in [0.29, 0.717) is 0 Å². The average molecular weight is 100 g/mol. The van der Waals surface area contributed by atoms with Gasteiger partial charge in [0.15, 0.2) is 0 Å². The highest BCUT2D eigenvalue weighted by atomic mass is 16.3. The van der Waals surface area contributed by atoms with Crippen LogP contribution in [0.25, 0.3) is 0 Å². The van der Waals surface area contributed by atoms with E-state index < -0.39 is 0 Å². The molecule has 40 valence electrons. The quantitative estimate of drug-likeness (QED) is 0.490. The molecule has 0 N–H and O–H groups in total. The van der Waals surface area contributed by atoms with Crippen molar-refractivity contribution < 1.29 is 4.42 Å². The molecule has 0 saturated heterocycles. The van der Waals surface area contributed by atoms with Crippen LogP contribution in [0, 0.1) is 0 Å². The molecule has 3 nitrogen and oxygen atoms in total. The van der Waals surface area contributed by atoms with E-state index in [-0.39, 0.29) is 0 Å². The molecular formula is C4H8N2O. The van der Waals surface area contributed by atoms with Crippen LogP contribution in [0.5, 0.6) is 0 Å². The standard InChI is InChI=1S/C2H2N2O.C2H6/c1-3-4-2-5-1;1-2/h1-2H;1-2H3. The van der Waals surface area contributed by atoms with E-state index in [1.807, 2.05) is 13.8 Å². The number of nitrogens with zero attached hydrogens (tertiary/aromatic N) is 2. The van der Waals surface area contributed by atoms with Crippen molar-refractivity contribution in [3.63, 3.8) is 0 Å². The van der Waals surface area contributed by atoms with Gasteiger partial charge < -0.3 is 4.42 Å². The van der Waals surface area contributed by atoms with Crippen LogP contribution in [0.4, 0.5) is 0 Å². The molecule has 0 aliphatic rings. The largest absolute Gasteiger partial charge is 0.431 e. The maximum absolute atomic E-state index is 4.36. The predicted octanol–water partition coefficient (Wildman–Crippen LogP) is 1.10. The third-order valence-electron chi connectivity index (χ3n) is 0.283. The van der Waals surface area contributed by atoms with Gasteiger partial charge in [-0.05, 0) is 0 Å². The predicted molar refractivity (Wildman–Crippen MR) is 25.6 cm³/mol. The lowest BCUT2D eigenvalue weighted by molar-refractivity contribution is 0.553. The van der Waals surface area contributed by atoms with Crippen molar-refractivity contribution in [2.24, 2.45) is 0 Å². The summed E-state index contributed by atoms with van der Waals surface area (Å²) in [5.74, 6) is 0. The van der Waals surface area contributed by atoms with Crippen LogP contribution in [-0.2, 0) is 0 Å². The fourth-order valence-corrected chi connectivity index (χ4v) is 0.136. The molecule has 1 heterocycles. The first-order valence-electron chi connectivity index (χ1n) is 2.19. The van der Waals surface area contributed by atoms with E-state index >= 15 is 0 Å². The lowest BCUT2D eigenvalue weighted by atomic mass is 11.0. The molecule has 1 aromatic heterocycles. The Labute approximate surface area is 42.4 Å². The molecule has 0 saturated carbocycles. The summed E-state index contributed by atoms with van der Waals surface area (Å²) in [4.78, 5) is 0. The maximum atomic E-state index is 4.36. The van der Waals surface area contributed by atoms with E-state index in [0.717, 1.165) is 0 Å². The number of rotatable bonds is 0. The second-order valence-corrected chi connectivity index (χ2v) is 0.578. The summed E-state index contributed by atoms with van der Waals surface area (Å²) < 4.78 is 4.36. The van der Waals surface area contributed by atoms with Gasteiger partial charge in [0.05, 0.1) is 0 Å². The van der Waals surface area contributed by atoms with Gasteiger partial charge in [0.2, 0.25) is 12.8 Å². The molecule has 7 heavy (non-hydrogen) atoms. The van der Waals surface area contributed by atoms with Gasteiger partial charge in [0.25, 0.3) is 0 Å². The third kappa shape index (κ3) is 2.96. The Hall–Kier alpha value is -0.860. The summed E-state index contributed by atoms with van der Waals surface area (Å²) in [5.41, 5.74) is 0. The number of hydrogen-bond acceptors (Lipinski definition) is 3. The Bertz CT molecular complexity index is 66.2.